The van der Waals surface area contributed by atoms with Crippen LogP contribution in [0.3, 0.4) is 0 Å². The first-order valence-electron chi connectivity index (χ1n) is 7.33. The Kier molecular flexibility index (Phi) is 2.82. The van der Waals surface area contributed by atoms with Gasteiger partial charge in [-0.15, -0.1) is 0 Å². The lowest BCUT2D eigenvalue weighted by Gasteiger charge is -2.27. The Bertz CT molecular complexity index is 877. The molecule has 0 unspecified atom stereocenters. The maximum atomic E-state index is 13.5. The predicted molar refractivity (Wildman–Crippen MR) is 82.1 cm³/mol. The minimum absolute atomic E-state index is 0.0175. The van der Waals surface area contributed by atoms with Crippen molar-refractivity contribution in [1.29, 1.82) is 0 Å². The molecular formula is C17H16FN3O. The number of carbonyl (C=O) groups excluding carboxylic acids is 1. The Labute approximate surface area is 127 Å². The lowest BCUT2D eigenvalue weighted by atomic mass is 10.0. The van der Waals surface area contributed by atoms with Crippen LogP contribution in [0.1, 0.15) is 21.7 Å². The first-order chi connectivity index (χ1) is 10.6. The van der Waals surface area contributed by atoms with Gasteiger partial charge in [0.25, 0.3) is 5.91 Å². The van der Waals surface area contributed by atoms with Crippen molar-refractivity contribution in [3.63, 3.8) is 0 Å². The number of aromatic nitrogens is 2. The minimum Gasteiger partial charge on any atom is -0.358 e. The van der Waals surface area contributed by atoms with E-state index in [1.165, 1.54) is 6.07 Å². The largest absolute Gasteiger partial charge is 0.358 e. The van der Waals surface area contributed by atoms with E-state index in [0.29, 0.717) is 18.8 Å². The normalized spacial score (nSPS) is 14.4. The third kappa shape index (κ3) is 1.93. The van der Waals surface area contributed by atoms with E-state index in [2.05, 4.69) is 4.98 Å². The monoisotopic (exact) mass is 297 g/mol. The predicted octanol–water partition coefficient (Wildman–Crippen LogP) is 2.84. The van der Waals surface area contributed by atoms with E-state index in [4.69, 9.17) is 0 Å². The van der Waals surface area contributed by atoms with Gasteiger partial charge in [-0.2, -0.15) is 0 Å². The van der Waals surface area contributed by atoms with Crippen LogP contribution in [0.15, 0.2) is 36.5 Å². The van der Waals surface area contributed by atoms with Crippen molar-refractivity contribution in [2.75, 3.05) is 6.54 Å². The van der Waals surface area contributed by atoms with E-state index >= 15 is 0 Å². The van der Waals surface area contributed by atoms with Gasteiger partial charge in [-0.25, -0.2) is 4.39 Å². The number of hydrogen-bond acceptors (Lipinski definition) is 1. The lowest BCUT2D eigenvalue weighted by molar-refractivity contribution is 0.0725. The summed E-state index contributed by atoms with van der Waals surface area (Å²) < 4.78 is 15.3. The lowest BCUT2D eigenvalue weighted by Crippen LogP contribution is -2.36. The Morgan fingerprint density at radius 1 is 1.32 bits per heavy atom. The number of fused-ring (bicyclic) bond motifs is 3. The van der Waals surface area contributed by atoms with Crippen LogP contribution in [0.5, 0.6) is 0 Å². The summed E-state index contributed by atoms with van der Waals surface area (Å²) in [4.78, 5) is 17.8. The molecule has 1 aliphatic rings. The van der Waals surface area contributed by atoms with E-state index in [0.717, 1.165) is 28.6 Å². The molecule has 1 aromatic carbocycles. The van der Waals surface area contributed by atoms with Crippen molar-refractivity contribution >= 4 is 16.8 Å². The van der Waals surface area contributed by atoms with Crippen molar-refractivity contribution in [1.82, 2.24) is 14.5 Å². The molecule has 0 aliphatic carbocycles. The molecular weight excluding hydrogens is 281 g/mol. The molecule has 0 saturated carbocycles. The van der Waals surface area contributed by atoms with E-state index in [9.17, 15) is 9.18 Å². The third-order valence-corrected chi connectivity index (χ3v) is 4.39. The summed E-state index contributed by atoms with van der Waals surface area (Å²) in [5.41, 5.74) is 3.74. The molecule has 112 valence electrons. The number of amides is 1. The highest BCUT2D eigenvalue weighted by atomic mass is 19.1. The first-order valence-corrected chi connectivity index (χ1v) is 7.33. The molecule has 5 heteroatoms. The first kappa shape index (κ1) is 13.1. The summed E-state index contributed by atoms with van der Waals surface area (Å²) >= 11 is 0. The average molecular weight is 297 g/mol. The Morgan fingerprint density at radius 3 is 2.95 bits per heavy atom. The van der Waals surface area contributed by atoms with Gasteiger partial charge in [-0.1, -0.05) is 0 Å². The summed E-state index contributed by atoms with van der Waals surface area (Å²) in [5, 5.41) is 0.874. The van der Waals surface area contributed by atoms with Crippen molar-refractivity contribution in [2.45, 2.75) is 13.0 Å². The van der Waals surface area contributed by atoms with Crippen molar-refractivity contribution in [3.8, 4) is 0 Å². The summed E-state index contributed by atoms with van der Waals surface area (Å²) in [6.45, 7) is 1.19. The highest BCUT2D eigenvalue weighted by molar-refractivity contribution is 5.93. The molecule has 1 amide bonds. The number of aromatic amines is 1. The van der Waals surface area contributed by atoms with Gasteiger partial charge in [-0.05, 0) is 30.3 Å². The van der Waals surface area contributed by atoms with Crippen LogP contribution in [0.4, 0.5) is 4.39 Å². The van der Waals surface area contributed by atoms with Crippen molar-refractivity contribution < 1.29 is 9.18 Å². The fourth-order valence-corrected chi connectivity index (χ4v) is 3.21. The van der Waals surface area contributed by atoms with Gasteiger partial charge in [0.15, 0.2) is 0 Å². The van der Waals surface area contributed by atoms with Gasteiger partial charge in [0.05, 0.1) is 0 Å². The zero-order valence-corrected chi connectivity index (χ0v) is 12.3. The minimum atomic E-state index is -0.250. The molecule has 0 atom stereocenters. The van der Waals surface area contributed by atoms with Crippen molar-refractivity contribution in [2.24, 2.45) is 7.05 Å². The maximum absolute atomic E-state index is 13.5. The van der Waals surface area contributed by atoms with E-state index in [1.54, 1.807) is 12.1 Å². The van der Waals surface area contributed by atoms with Crippen LogP contribution in [-0.2, 0) is 20.0 Å². The summed E-state index contributed by atoms with van der Waals surface area (Å²) in [7, 11) is 1.86. The summed E-state index contributed by atoms with van der Waals surface area (Å²) in [6, 6.07) is 8.45. The Balaban J connectivity index is 1.72. The second-order valence-corrected chi connectivity index (χ2v) is 5.75. The smallest absolute Gasteiger partial charge is 0.270 e. The number of nitrogens with one attached hydrogen (secondary N) is 1. The Morgan fingerprint density at radius 2 is 2.18 bits per heavy atom. The van der Waals surface area contributed by atoms with Gasteiger partial charge in [0, 0.05) is 54.9 Å². The van der Waals surface area contributed by atoms with E-state index in [-0.39, 0.29) is 11.7 Å². The van der Waals surface area contributed by atoms with Gasteiger partial charge in [0.1, 0.15) is 11.5 Å². The fraction of sp³-hybridized carbons (Fsp3) is 0.235. The van der Waals surface area contributed by atoms with Crippen LogP contribution in [0.25, 0.3) is 10.9 Å². The zero-order valence-electron chi connectivity index (χ0n) is 12.3. The molecule has 0 saturated heterocycles. The van der Waals surface area contributed by atoms with Crippen LogP contribution in [0.2, 0.25) is 0 Å². The number of halogens is 1. The molecule has 4 nitrogen and oxygen atoms in total. The molecule has 1 N–H and O–H groups in total. The standard InChI is InChI=1S/C17H16FN3O/c1-20-7-2-3-16(20)17(22)21-8-6-15-13(10-21)12-9-11(18)4-5-14(12)19-15/h2-5,7,9,19H,6,8,10H2,1H3. The second kappa shape index (κ2) is 4.73. The van der Waals surface area contributed by atoms with E-state index < -0.39 is 0 Å². The number of aryl methyl sites for hydroxylation is 1. The maximum Gasteiger partial charge on any atom is 0.270 e. The number of hydrogen-bond donors (Lipinski definition) is 1. The number of benzene rings is 1. The summed E-state index contributed by atoms with van der Waals surface area (Å²) in [5.74, 6) is -0.232. The molecule has 1 aliphatic heterocycles. The van der Waals surface area contributed by atoms with Crippen LogP contribution in [0, 0.1) is 5.82 Å². The topological polar surface area (TPSA) is 41.0 Å². The molecule has 2 aromatic heterocycles. The Hall–Kier alpha value is -2.56. The molecule has 0 fully saturated rings. The molecule has 0 bridgehead atoms. The number of rotatable bonds is 1. The molecule has 0 spiro atoms. The van der Waals surface area contributed by atoms with Crippen LogP contribution in [-0.4, -0.2) is 26.9 Å². The van der Waals surface area contributed by atoms with Gasteiger partial charge >= 0.3 is 0 Å². The average Bonchev–Trinajstić information content (AvgIpc) is 3.09. The van der Waals surface area contributed by atoms with Crippen LogP contribution < -0.4 is 0 Å². The number of carbonyl (C=O) groups is 1. The molecule has 0 radical (unpaired) electrons. The molecule has 3 heterocycles. The molecule has 4 rings (SSSR count). The highest BCUT2D eigenvalue weighted by Crippen LogP contribution is 2.29. The highest BCUT2D eigenvalue weighted by Gasteiger charge is 2.25. The third-order valence-electron chi connectivity index (χ3n) is 4.39. The fourth-order valence-electron chi connectivity index (χ4n) is 3.21. The summed E-state index contributed by atoms with van der Waals surface area (Å²) in [6.07, 6.45) is 2.63. The zero-order chi connectivity index (χ0) is 15.3. The number of H-pyrrole nitrogens is 1. The van der Waals surface area contributed by atoms with Gasteiger partial charge in [0.2, 0.25) is 0 Å². The van der Waals surface area contributed by atoms with Crippen molar-refractivity contribution in [3.05, 3.63) is 59.3 Å². The number of nitrogens with zero attached hydrogens (tertiary/aromatic N) is 2. The van der Waals surface area contributed by atoms with Gasteiger partial charge in [-0.3, -0.25) is 4.79 Å². The van der Waals surface area contributed by atoms with Crippen LogP contribution >= 0.6 is 0 Å². The quantitative estimate of drug-likeness (QED) is 0.737. The molecule has 3 aromatic rings. The van der Waals surface area contributed by atoms with Gasteiger partial charge < -0.3 is 14.5 Å². The van der Waals surface area contributed by atoms with E-state index in [1.807, 2.05) is 34.8 Å². The second-order valence-electron chi connectivity index (χ2n) is 5.75. The SMILES string of the molecule is Cn1cccc1C(=O)N1CCc2[nH]c3ccc(F)cc3c2C1. The molecule has 22 heavy (non-hydrogen) atoms.